The Morgan fingerprint density at radius 1 is 1.36 bits per heavy atom. The molecule has 0 bridgehead atoms. The summed E-state index contributed by atoms with van der Waals surface area (Å²) < 4.78 is 0. The van der Waals surface area contributed by atoms with Crippen molar-refractivity contribution in [3.05, 3.63) is 0 Å². The quantitative estimate of drug-likeness (QED) is 0.719. The summed E-state index contributed by atoms with van der Waals surface area (Å²) in [6.45, 7) is 7.39. The fourth-order valence-corrected chi connectivity index (χ4v) is 0.887. The molecule has 0 saturated carbocycles. The number of carbonyl (C=O) groups excluding carboxylic acids is 1. The van der Waals surface area contributed by atoms with Crippen molar-refractivity contribution in [1.82, 2.24) is 5.32 Å². The molecule has 1 amide bonds. The van der Waals surface area contributed by atoms with E-state index in [1.807, 2.05) is 0 Å². The first kappa shape index (κ1) is 12.9. The molecule has 1 atom stereocenters. The molecule has 0 saturated heterocycles. The van der Waals surface area contributed by atoms with E-state index in [0.29, 0.717) is 6.42 Å². The minimum atomic E-state index is -0.860. The zero-order valence-corrected chi connectivity index (χ0v) is 9.26. The van der Waals surface area contributed by atoms with E-state index in [9.17, 15) is 9.59 Å². The maximum absolute atomic E-state index is 11.4. The summed E-state index contributed by atoms with van der Waals surface area (Å²) in [5, 5.41) is 11.4. The van der Waals surface area contributed by atoms with Gasteiger partial charge in [-0.2, -0.15) is 0 Å². The summed E-state index contributed by atoms with van der Waals surface area (Å²) in [4.78, 5) is 22.0. The Hall–Kier alpha value is -1.06. The molecule has 0 radical (unpaired) electrons. The highest BCUT2D eigenvalue weighted by molar-refractivity contribution is 5.82. The van der Waals surface area contributed by atoms with Gasteiger partial charge < -0.3 is 10.4 Å². The fourth-order valence-electron chi connectivity index (χ4n) is 0.887. The van der Waals surface area contributed by atoms with Crippen LogP contribution in [0.3, 0.4) is 0 Å². The Balaban J connectivity index is 4.05. The van der Waals surface area contributed by atoms with Gasteiger partial charge in [0, 0.05) is 12.0 Å². The topological polar surface area (TPSA) is 66.4 Å². The number of hydrogen-bond donors (Lipinski definition) is 2. The molecular weight excluding hydrogens is 182 g/mol. The highest BCUT2D eigenvalue weighted by Gasteiger charge is 2.23. The van der Waals surface area contributed by atoms with Crippen LogP contribution in [0.1, 0.15) is 34.1 Å². The average Bonchev–Trinajstić information content (AvgIpc) is 2.02. The maximum atomic E-state index is 11.4. The second-order valence-corrected chi connectivity index (χ2v) is 4.40. The van der Waals surface area contributed by atoms with Gasteiger partial charge in [-0.05, 0) is 6.42 Å². The standard InChI is InChI=1S/C10H19NO3/c1-5-7(8(12)13)6-11-9(14)10(2,3)4/h7H,5-6H2,1-4H3,(H,11,14)(H,12,13). The first-order chi connectivity index (χ1) is 6.29. The molecule has 2 N–H and O–H groups in total. The first-order valence-corrected chi connectivity index (χ1v) is 4.80. The van der Waals surface area contributed by atoms with Crippen LogP contribution in [0, 0.1) is 11.3 Å². The SMILES string of the molecule is CCC(CNC(=O)C(C)(C)C)C(=O)O. The lowest BCUT2D eigenvalue weighted by atomic mass is 9.95. The van der Waals surface area contributed by atoms with Gasteiger partial charge in [0.2, 0.25) is 5.91 Å². The third-order valence-corrected chi connectivity index (χ3v) is 2.03. The third kappa shape index (κ3) is 4.25. The van der Waals surface area contributed by atoms with Crippen molar-refractivity contribution in [2.75, 3.05) is 6.54 Å². The van der Waals surface area contributed by atoms with Gasteiger partial charge in [-0.25, -0.2) is 0 Å². The highest BCUT2D eigenvalue weighted by Crippen LogP contribution is 2.12. The predicted molar refractivity (Wildman–Crippen MR) is 53.9 cm³/mol. The Bertz CT molecular complexity index is 218. The minimum absolute atomic E-state index is 0.114. The van der Waals surface area contributed by atoms with Crippen LogP contribution in [-0.4, -0.2) is 23.5 Å². The van der Waals surface area contributed by atoms with Crippen molar-refractivity contribution in [3.63, 3.8) is 0 Å². The van der Waals surface area contributed by atoms with Crippen molar-refractivity contribution < 1.29 is 14.7 Å². The molecule has 0 aromatic carbocycles. The highest BCUT2D eigenvalue weighted by atomic mass is 16.4. The zero-order chi connectivity index (χ0) is 11.4. The van der Waals surface area contributed by atoms with E-state index < -0.39 is 17.3 Å². The number of carboxylic acids is 1. The summed E-state index contributed by atoms with van der Waals surface area (Å²) in [5.74, 6) is -1.46. The van der Waals surface area contributed by atoms with E-state index in [1.165, 1.54) is 0 Å². The number of carbonyl (C=O) groups is 2. The smallest absolute Gasteiger partial charge is 0.308 e. The normalized spacial score (nSPS) is 13.4. The Morgan fingerprint density at radius 2 is 1.86 bits per heavy atom. The van der Waals surface area contributed by atoms with Crippen molar-refractivity contribution in [2.45, 2.75) is 34.1 Å². The van der Waals surface area contributed by atoms with Gasteiger partial charge in [0.25, 0.3) is 0 Å². The van der Waals surface area contributed by atoms with E-state index in [1.54, 1.807) is 27.7 Å². The second-order valence-electron chi connectivity index (χ2n) is 4.40. The zero-order valence-electron chi connectivity index (χ0n) is 9.26. The lowest BCUT2D eigenvalue weighted by molar-refractivity contribution is -0.142. The van der Waals surface area contributed by atoms with Crippen molar-refractivity contribution >= 4 is 11.9 Å². The summed E-state index contributed by atoms with van der Waals surface area (Å²) in [7, 11) is 0. The van der Waals surface area contributed by atoms with E-state index in [2.05, 4.69) is 5.32 Å². The van der Waals surface area contributed by atoms with Crippen LogP contribution in [-0.2, 0) is 9.59 Å². The molecule has 0 heterocycles. The lowest BCUT2D eigenvalue weighted by Gasteiger charge is -2.19. The average molecular weight is 201 g/mol. The largest absolute Gasteiger partial charge is 0.481 e. The van der Waals surface area contributed by atoms with E-state index in [4.69, 9.17) is 5.11 Å². The Labute approximate surface area is 84.7 Å². The van der Waals surface area contributed by atoms with E-state index >= 15 is 0 Å². The lowest BCUT2D eigenvalue weighted by Crippen LogP contribution is -2.39. The van der Waals surface area contributed by atoms with Crippen LogP contribution in [0.25, 0.3) is 0 Å². The monoisotopic (exact) mass is 201 g/mol. The summed E-state index contributed by atoms with van der Waals surface area (Å²) in [6.07, 6.45) is 0.528. The van der Waals surface area contributed by atoms with Gasteiger partial charge in [-0.3, -0.25) is 9.59 Å². The molecule has 0 aromatic heterocycles. The van der Waals surface area contributed by atoms with Crippen LogP contribution in [0.4, 0.5) is 0 Å². The van der Waals surface area contributed by atoms with Crippen molar-refractivity contribution in [2.24, 2.45) is 11.3 Å². The van der Waals surface area contributed by atoms with Gasteiger partial charge in [0.1, 0.15) is 0 Å². The van der Waals surface area contributed by atoms with Gasteiger partial charge in [0.05, 0.1) is 5.92 Å². The predicted octanol–water partition coefficient (Wildman–Crippen LogP) is 1.26. The summed E-state index contributed by atoms with van der Waals surface area (Å²) >= 11 is 0. The molecule has 0 fully saturated rings. The molecule has 82 valence electrons. The summed E-state index contributed by atoms with van der Waals surface area (Å²) in [5.41, 5.74) is -0.462. The Morgan fingerprint density at radius 3 is 2.14 bits per heavy atom. The van der Waals surface area contributed by atoms with Crippen LogP contribution in [0.5, 0.6) is 0 Å². The molecule has 0 aliphatic rings. The van der Waals surface area contributed by atoms with Gasteiger partial charge in [-0.1, -0.05) is 27.7 Å². The minimum Gasteiger partial charge on any atom is -0.481 e. The van der Waals surface area contributed by atoms with Crippen molar-refractivity contribution in [1.29, 1.82) is 0 Å². The first-order valence-electron chi connectivity index (χ1n) is 4.80. The number of amides is 1. The molecule has 4 heteroatoms. The number of nitrogens with one attached hydrogen (secondary N) is 1. The molecule has 4 nitrogen and oxygen atoms in total. The van der Waals surface area contributed by atoms with E-state index in [0.717, 1.165) is 0 Å². The van der Waals surface area contributed by atoms with E-state index in [-0.39, 0.29) is 12.5 Å². The molecule has 0 aliphatic heterocycles. The molecule has 0 spiro atoms. The van der Waals surface area contributed by atoms with Gasteiger partial charge in [0.15, 0.2) is 0 Å². The fraction of sp³-hybridized carbons (Fsp3) is 0.800. The number of hydrogen-bond acceptors (Lipinski definition) is 2. The molecule has 0 aromatic rings. The van der Waals surface area contributed by atoms with Crippen LogP contribution in [0.15, 0.2) is 0 Å². The van der Waals surface area contributed by atoms with Crippen LogP contribution in [0.2, 0.25) is 0 Å². The number of rotatable bonds is 4. The third-order valence-electron chi connectivity index (χ3n) is 2.03. The second kappa shape index (κ2) is 4.98. The summed E-state index contributed by atoms with van der Waals surface area (Å²) in [6, 6.07) is 0. The molecule has 0 rings (SSSR count). The Kier molecular flexibility index (Phi) is 4.60. The number of carboxylic acid groups (broad SMARTS) is 1. The maximum Gasteiger partial charge on any atom is 0.308 e. The molecular formula is C10H19NO3. The molecule has 0 aliphatic carbocycles. The molecule has 14 heavy (non-hydrogen) atoms. The van der Waals surface area contributed by atoms with Crippen LogP contribution < -0.4 is 5.32 Å². The van der Waals surface area contributed by atoms with Crippen LogP contribution >= 0.6 is 0 Å². The molecule has 1 unspecified atom stereocenters. The van der Waals surface area contributed by atoms with Crippen molar-refractivity contribution in [3.8, 4) is 0 Å². The van der Waals surface area contributed by atoms with Gasteiger partial charge in [-0.15, -0.1) is 0 Å². The van der Waals surface area contributed by atoms with Gasteiger partial charge >= 0.3 is 5.97 Å². The number of aliphatic carboxylic acids is 1.